The Labute approximate surface area is 152 Å². The largest absolute Gasteiger partial charge is 0.493 e. The van der Waals surface area contributed by atoms with E-state index in [1.807, 2.05) is 54.6 Å². The third-order valence-corrected chi connectivity index (χ3v) is 3.91. The van der Waals surface area contributed by atoms with E-state index in [2.05, 4.69) is 10.3 Å². The van der Waals surface area contributed by atoms with Gasteiger partial charge < -0.3 is 14.8 Å². The number of hydrogen-bond donors (Lipinski definition) is 1. The number of ether oxygens (including phenoxy) is 2. The van der Waals surface area contributed by atoms with Crippen molar-refractivity contribution in [2.24, 2.45) is 0 Å². The number of hydrogen-bond acceptors (Lipinski definition) is 4. The molecule has 1 heterocycles. The topological polar surface area (TPSA) is 43.4 Å². The lowest BCUT2D eigenvalue weighted by Gasteiger charge is -2.13. The van der Waals surface area contributed by atoms with Gasteiger partial charge in [-0.1, -0.05) is 41.9 Å². The van der Waals surface area contributed by atoms with Gasteiger partial charge in [-0.3, -0.25) is 0 Å². The Balaban J connectivity index is 1.63. The lowest BCUT2D eigenvalue weighted by molar-refractivity contribution is 0.284. The van der Waals surface area contributed by atoms with Crippen LogP contribution in [-0.2, 0) is 13.2 Å². The van der Waals surface area contributed by atoms with E-state index in [-0.39, 0.29) is 0 Å². The molecule has 0 spiro atoms. The van der Waals surface area contributed by atoms with Gasteiger partial charge in [-0.2, -0.15) is 0 Å². The minimum Gasteiger partial charge on any atom is -0.493 e. The third kappa shape index (κ3) is 4.88. The van der Waals surface area contributed by atoms with Crippen LogP contribution < -0.4 is 14.8 Å². The fraction of sp³-hybridized carbons (Fsp3) is 0.150. The van der Waals surface area contributed by atoms with Crippen LogP contribution in [-0.4, -0.2) is 12.1 Å². The zero-order valence-corrected chi connectivity index (χ0v) is 14.7. The van der Waals surface area contributed by atoms with Gasteiger partial charge in [0.2, 0.25) is 0 Å². The molecule has 0 amide bonds. The van der Waals surface area contributed by atoms with Crippen LogP contribution in [0.1, 0.15) is 11.1 Å². The number of methoxy groups -OCH3 is 1. The third-order valence-electron chi connectivity index (χ3n) is 3.68. The second kappa shape index (κ2) is 8.40. The number of aromatic nitrogens is 1. The maximum atomic E-state index is 5.84. The molecule has 0 unspecified atom stereocenters. The SMILES string of the molecule is COc1cc(CNc2ccccc2)ccc1OCc1ccc(Cl)nc1. The summed E-state index contributed by atoms with van der Waals surface area (Å²) in [5.74, 6) is 1.40. The summed E-state index contributed by atoms with van der Waals surface area (Å²) in [6.07, 6.45) is 1.70. The summed E-state index contributed by atoms with van der Waals surface area (Å²) in [5, 5.41) is 3.85. The Hall–Kier alpha value is -2.72. The standard InChI is InChI=1S/C20H19ClN2O2/c1-24-19-11-15(12-22-17-5-3-2-4-6-17)7-9-18(19)25-14-16-8-10-20(21)23-13-16/h2-11,13,22H,12,14H2,1H3. The van der Waals surface area contributed by atoms with Crippen molar-refractivity contribution < 1.29 is 9.47 Å². The maximum absolute atomic E-state index is 5.84. The molecule has 25 heavy (non-hydrogen) atoms. The first-order valence-corrected chi connectivity index (χ1v) is 8.31. The number of pyridine rings is 1. The molecule has 0 fully saturated rings. The summed E-state index contributed by atoms with van der Waals surface area (Å²) < 4.78 is 11.3. The predicted octanol–water partition coefficient (Wildman–Crippen LogP) is 4.93. The number of rotatable bonds is 7. The molecule has 0 aliphatic rings. The number of nitrogens with one attached hydrogen (secondary N) is 1. The number of anilines is 1. The summed E-state index contributed by atoms with van der Waals surface area (Å²) in [6.45, 7) is 1.11. The predicted molar refractivity (Wildman–Crippen MR) is 100 cm³/mol. The highest BCUT2D eigenvalue weighted by Crippen LogP contribution is 2.29. The van der Waals surface area contributed by atoms with Crippen molar-refractivity contribution in [1.29, 1.82) is 0 Å². The van der Waals surface area contributed by atoms with Gasteiger partial charge in [-0.15, -0.1) is 0 Å². The second-order valence-electron chi connectivity index (χ2n) is 5.48. The Morgan fingerprint density at radius 3 is 2.48 bits per heavy atom. The van der Waals surface area contributed by atoms with Crippen LogP contribution in [0.3, 0.4) is 0 Å². The minimum atomic E-state index is 0.405. The Morgan fingerprint density at radius 1 is 0.960 bits per heavy atom. The summed E-state index contributed by atoms with van der Waals surface area (Å²) in [6, 6.07) is 19.6. The van der Waals surface area contributed by atoms with Gasteiger partial charge in [-0.05, 0) is 35.9 Å². The number of para-hydroxylation sites is 1. The van der Waals surface area contributed by atoms with Gasteiger partial charge in [0.15, 0.2) is 11.5 Å². The average molecular weight is 355 g/mol. The van der Waals surface area contributed by atoms with E-state index in [1.165, 1.54) is 0 Å². The first kappa shape index (κ1) is 17.1. The summed E-state index contributed by atoms with van der Waals surface area (Å²) in [7, 11) is 1.64. The molecule has 0 bridgehead atoms. The molecule has 0 aliphatic heterocycles. The van der Waals surface area contributed by atoms with Crippen molar-refractivity contribution in [3.05, 3.63) is 83.1 Å². The molecule has 1 aromatic heterocycles. The molecule has 3 rings (SSSR count). The molecule has 0 atom stereocenters. The quantitative estimate of drug-likeness (QED) is 0.611. The van der Waals surface area contributed by atoms with Crippen molar-refractivity contribution in [3.63, 3.8) is 0 Å². The fourth-order valence-electron chi connectivity index (χ4n) is 2.35. The summed E-state index contributed by atoms with van der Waals surface area (Å²) >= 11 is 5.79. The van der Waals surface area contributed by atoms with Crippen LogP contribution in [0, 0.1) is 0 Å². The molecule has 0 radical (unpaired) electrons. The van der Waals surface area contributed by atoms with E-state index < -0.39 is 0 Å². The van der Waals surface area contributed by atoms with E-state index in [0.29, 0.717) is 29.8 Å². The van der Waals surface area contributed by atoms with Gasteiger partial charge in [0, 0.05) is 24.0 Å². The smallest absolute Gasteiger partial charge is 0.161 e. The van der Waals surface area contributed by atoms with Crippen molar-refractivity contribution in [2.45, 2.75) is 13.2 Å². The lowest BCUT2D eigenvalue weighted by atomic mass is 10.2. The van der Waals surface area contributed by atoms with Gasteiger partial charge >= 0.3 is 0 Å². The van der Waals surface area contributed by atoms with Gasteiger partial charge in [0.05, 0.1) is 7.11 Å². The Morgan fingerprint density at radius 2 is 1.76 bits per heavy atom. The van der Waals surface area contributed by atoms with E-state index in [0.717, 1.165) is 16.8 Å². The van der Waals surface area contributed by atoms with Gasteiger partial charge in [-0.25, -0.2) is 4.98 Å². The summed E-state index contributed by atoms with van der Waals surface area (Å²) in [5.41, 5.74) is 3.14. The Bertz CT molecular complexity index is 808. The molecule has 2 aromatic carbocycles. The lowest BCUT2D eigenvalue weighted by Crippen LogP contribution is -2.02. The highest BCUT2D eigenvalue weighted by molar-refractivity contribution is 6.29. The first-order valence-electron chi connectivity index (χ1n) is 7.93. The molecule has 4 nitrogen and oxygen atoms in total. The molecular formula is C20H19ClN2O2. The van der Waals surface area contributed by atoms with E-state index >= 15 is 0 Å². The zero-order chi connectivity index (χ0) is 17.5. The van der Waals surface area contributed by atoms with Crippen LogP contribution in [0.5, 0.6) is 11.5 Å². The number of halogens is 1. The van der Waals surface area contributed by atoms with Gasteiger partial charge in [0.1, 0.15) is 11.8 Å². The fourth-order valence-corrected chi connectivity index (χ4v) is 2.47. The maximum Gasteiger partial charge on any atom is 0.161 e. The van der Waals surface area contributed by atoms with Gasteiger partial charge in [0.25, 0.3) is 0 Å². The minimum absolute atomic E-state index is 0.405. The zero-order valence-electron chi connectivity index (χ0n) is 13.9. The molecule has 128 valence electrons. The molecule has 1 N–H and O–H groups in total. The molecule has 0 aliphatic carbocycles. The average Bonchev–Trinajstić information content (AvgIpc) is 2.67. The monoisotopic (exact) mass is 354 g/mol. The van der Waals surface area contributed by atoms with Crippen LogP contribution in [0.4, 0.5) is 5.69 Å². The van der Waals surface area contributed by atoms with E-state index in [9.17, 15) is 0 Å². The molecular weight excluding hydrogens is 336 g/mol. The molecule has 0 saturated carbocycles. The molecule has 5 heteroatoms. The summed E-state index contributed by atoms with van der Waals surface area (Å²) in [4.78, 5) is 4.05. The number of nitrogens with zero attached hydrogens (tertiary/aromatic N) is 1. The second-order valence-corrected chi connectivity index (χ2v) is 5.87. The molecule has 3 aromatic rings. The van der Waals surface area contributed by atoms with Crippen molar-refractivity contribution in [1.82, 2.24) is 4.98 Å². The Kier molecular flexibility index (Phi) is 5.75. The first-order chi connectivity index (χ1) is 12.2. The van der Waals surface area contributed by atoms with Crippen molar-refractivity contribution >= 4 is 17.3 Å². The van der Waals surface area contributed by atoms with Crippen LogP contribution >= 0.6 is 11.6 Å². The molecule has 0 saturated heterocycles. The van der Waals surface area contributed by atoms with E-state index in [4.69, 9.17) is 21.1 Å². The van der Waals surface area contributed by atoms with Crippen molar-refractivity contribution in [2.75, 3.05) is 12.4 Å². The highest BCUT2D eigenvalue weighted by Gasteiger charge is 2.07. The highest BCUT2D eigenvalue weighted by atomic mass is 35.5. The number of benzene rings is 2. The van der Waals surface area contributed by atoms with Crippen molar-refractivity contribution in [3.8, 4) is 11.5 Å². The normalized spacial score (nSPS) is 10.3. The van der Waals surface area contributed by atoms with E-state index in [1.54, 1.807) is 19.4 Å². The van der Waals surface area contributed by atoms with Crippen LogP contribution in [0.25, 0.3) is 0 Å². The van der Waals surface area contributed by atoms with Crippen LogP contribution in [0.2, 0.25) is 5.15 Å². The van der Waals surface area contributed by atoms with Crippen LogP contribution in [0.15, 0.2) is 66.9 Å².